The molecule has 7 heteroatoms. The molecule has 2 aliphatic heterocycles. The molecule has 0 spiro atoms. The third kappa shape index (κ3) is 3.59. The Bertz CT molecular complexity index is 1050. The molecule has 0 bridgehead atoms. The largest absolute Gasteiger partial charge is 0.459 e. The van der Waals surface area contributed by atoms with Crippen LogP contribution in [0.5, 0.6) is 0 Å². The molecule has 1 atom stereocenters. The summed E-state index contributed by atoms with van der Waals surface area (Å²) in [5.74, 6) is 1.53. The first-order valence-electron chi connectivity index (χ1n) is 11.1. The van der Waals surface area contributed by atoms with Gasteiger partial charge in [0.1, 0.15) is 11.9 Å². The smallest absolute Gasteiger partial charge is 0.289 e. The van der Waals surface area contributed by atoms with Crippen LogP contribution in [-0.2, 0) is 17.8 Å². The Labute approximate surface area is 182 Å². The number of furan rings is 1. The van der Waals surface area contributed by atoms with Crippen LogP contribution in [0, 0.1) is 11.3 Å². The molecule has 1 saturated carbocycles. The van der Waals surface area contributed by atoms with Crippen LogP contribution in [0.25, 0.3) is 0 Å². The van der Waals surface area contributed by atoms with Gasteiger partial charge in [-0.3, -0.25) is 4.79 Å². The number of aromatic nitrogens is 1. The molecule has 0 aromatic carbocycles. The van der Waals surface area contributed by atoms with E-state index in [4.69, 9.17) is 14.1 Å². The first kappa shape index (κ1) is 20.1. The van der Waals surface area contributed by atoms with Gasteiger partial charge in [0.05, 0.1) is 29.7 Å². The van der Waals surface area contributed by atoms with Crippen molar-refractivity contribution in [3.63, 3.8) is 0 Å². The van der Waals surface area contributed by atoms with Crippen LogP contribution in [0.1, 0.15) is 72.5 Å². The lowest BCUT2D eigenvalue weighted by Gasteiger charge is -2.42. The van der Waals surface area contributed by atoms with Crippen molar-refractivity contribution < 1.29 is 13.9 Å². The summed E-state index contributed by atoms with van der Waals surface area (Å²) >= 11 is 0. The molecule has 5 rings (SSSR count). The van der Waals surface area contributed by atoms with Crippen LogP contribution in [-0.4, -0.2) is 47.1 Å². The molecule has 3 aliphatic rings. The minimum atomic E-state index is -0.294. The van der Waals surface area contributed by atoms with Gasteiger partial charge in [0.2, 0.25) is 0 Å². The van der Waals surface area contributed by atoms with Gasteiger partial charge in [-0.05, 0) is 51.3 Å². The van der Waals surface area contributed by atoms with Gasteiger partial charge in [0.15, 0.2) is 5.76 Å². The number of carbonyl (C=O) groups excluding carboxylic acids is 1. The first-order chi connectivity index (χ1) is 14.9. The fraction of sp³-hybridized carbons (Fsp3) is 0.542. The second-order valence-corrected chi connectivity index (χ2v) is 9.53. The van der Waals surface area contributed by atoms with Gasteiger partial charge in [0, 0.05) is 43.6 Å². The Balaban J connectivity index is 1.48. The van der Waals surface area contributed by atoms with Gasteiger partial charge < -0.3 is 19.0 Å². The van der Waals surface area contributed by atoms with E-state index in [9.17, 15) is 10.1 Å². The maximum Gasteiger partial charge on any atom is 0.289 e. The van der Waals surface area contributed by atoms with Crippen molar-refractivity contribution in [3.8, 4) is 6.07 Å². The van der Waals surface area contributed by atoms with Crippen molar-refractivity contribution in [2.24, 2.45) is 0 Å². The molecule has 31 heavy (non-hydrogen) atoms. The highest BCUT2D eigenvalue weighted by molar-refractivity contribution is 5.91. The summed E-state index contributed by atoms with van der Waals surface area (Å²) in [6, 6.07) is 5.94. The number of carbonyl (C=O) groups is 1. The molecule has 2 fully saturated rings. The number of anilines is 1. The molecule has 162 valence electrons. The second kappa shape index (κ2) is 7.38. The molecule has 1 amide bonds. The number of nitrogens with zero attached hydrogens (tertiary/aromatic N) is 4. The predicted molar refractivity (Wildman–Crippen MR) is 115 cm³/mol. The molecule has 0 radical (unpaired) electrons. The van der Waals surface area contributed by atoms with E-state index in [2.05, 4.69) is 31.7 Å². The predicted octanol–water partition coefficient (Wildman–Crippen LogP) is 3.63. The summed E-state index contributed by atoms with van der Waals surface area (Å²) in [6.07, 6.45) is 4.53. The second-order valence-electron chi connectivity index (χ2n) is 9.53. The van der Waals surface area contributed by atoms with Gasteiger partial charge in [-0.1, -0.05) is 0 Å². The molecule has 1 saturated heterocycles. The Hall–Kier alpha value is -2.85. The van der Waals surface area contributed by atoms with Crippen LogP contribution < -0.4 is 4.90 Å². The van der Waals surface area contributed by atoms with Crippen LogP contribution in [0.2, 0.25) is 0 Å². The van der Waals surface area contributed by atoms with Crippen molar-refractivity contribution in [2.45, 2.75) is 64.2 Å². The molecule has 0 unspecified atom stereocenters. The molecule has 7 nitrogen and oxygen atoms in total. The minimum Gasteiger partial charge on any atom is -0.459 e. The van der Waals surface area contributed by atoms with Crippen molar-refractivity contribution in [2.75, 3.05) is 24.5 Å². The molecule has 0 N–H and O–H groups in total. The summed E-state index contributed by atoms with van der Waals surface area (Å²) in [4.78, 5) is 21.8. The van der Waals surface area contributed by atoms with Gasteiger partial charge >= 0.3 is 0 Å². The highest BCUT2D eigenvalue weighted by Gasteiger charge is 2.38. The van der Waals surface area contributed by atoms with Crippen LogP contribution >= 0.6 is 0 Å². The summed E-state index contributed by atoms with van der Waals surface area (Å²) < 4.78 is 11.4. The fourth-order valence-corrected chi connectivity index (χ4v) is 4.81. The average molecular weight is 421 g/mol. The maximum absolute atomic E-state index is 12.7. The van der Waals surface area contributed by atoms with Crippen LogP contribution in [0.3, 0.4) is 0 Å². The lowest BCUT2D eigenvalue weighted by atomic mass is 9.87. The lowest BCUT2D eigenvalue weighted by Crippen LogP contribution is -2.54. The number of hydrogen-bond donors (Lipinski definition) is 0. The number of nitriles is 1. The van der Waals surface area contributed by atoms with E-state index in [-0.39, 0.29) is 17.6 Å². The zero-order valence-corrected chi connectivity index (χ0v) is 18.4. The highest BCUT2D eigenvalue weighted by Crippen LogP contribution is 2.46. The molecular formula is C24H28N4O3. The molecule has 2 aromatic heterocycles. The Morgan fingerprint density at radius 3 is 2.74 bits per heavy atom. The van der Waals surface area contributed by atoms with E-state index < -0.39 is 0 Å². The highest BCUT2D eigenvalue weighted by atomic mass is 16.5. The quantitative estimate of drug-likeness (QED) is 0.754. The number of ether oxygens (including phenoxy) is 1. The van der Waals surface area contributed by atoms with E-state index in [0.717, 1.165) is 35.5 Å². The Morgan fingerprint density at radius 2 is 2.10 bits per heavy atom. The van der Waals surface area contributed by atoms with E-state index in [1.165, 1.54) is 6.26 Å². The summed E-state index contributed by atoms with van der Waals surface area (Å²) in [7, 11) is 0. The standard InChI is InChI=1S/C24H28N4O3/c1-15-13-27(23(29)20-5-4-10-30-20)8-9-28(15)22-18(12-25)17-11-24(2,3)31-14-19(17)21(26-22)16-6-7-16/h4-5,10,15-16H,6-9,11,13-14H2,1-3H3/t15-/m0/s1. The zero-order chi connectivity index (χ0) is 21.8. The van der Waals surface area contributed by atoms with Crippen LogP contribution in [0.15, 0.2) is 22.8 Å². The fourth-order valence-electron chi connectivity index (χ4n) is 4.81. The van der Waals surface area contributed by atoms with Crippen molar-refractivity contribution in [1.82, 2.24) is 9.88 Å². The first-order valence-corrected chi connectivity index (χ1v) is 11.1. The summed E-state index contributed by atoms with van der Waals surface area (Å²) in [6.45, 7) is 8.55. The molecule has 4 heterocycles. The summed E-state index contributed by atoms with van der Waals surface area (Å²) in [5, 5.41) is 10.1. The van der Waals surface area contributed by atoms with E-state index >= 15 is 0 Å². The zero-order valence-electron chi connectivity index (χ0n) is 18.4. The number of piperazine rings is 1. The van der Waals surface area contributed by atoms with Gasteiger partial charge in [-0.25, -0.2) is 4.98 Å². The number of hydrogen-bond acceptors (Lipinski definition) is 6. The molecular weight excluding hydrogens is 392 g/mol. The van der Waals surface area contributed by atoms with E-state index in [1.807, 2.05) is 4.90 Å². The van der Waals surface area contributed by atoms with Crippen molar-refractivity contribution >= 4 is 11.7 Å². The number of fused-ring (bicyclic) bond motifs is 1. The van der Waals surface area contributed by atoms with Gasteiger partial charge in [0.25, 0.3) is 5.91 Å². The third-order valence-electron chi connectivity index (χ3n) is 6.63. The average Bonchev–Trinajstić information content (AvgIpc) is 3.44. The normalized spacial score (nSPS) is 22.7. The Kier molecular flexibility index (Phi) is 4.78. The lowest BCUT2D eigenvalue weighted by molar-refractivity contribution is -0.0407. The SMILES string of the molecule is C[C@H]1CN(C(=O)c2ccco2)CCN1c1nc(C2CC2)c2c(c1C#N)CC(C)(C)OC2. The van der Waals surface area contributed by atoms with Gasteiger partial charge in [-0.15, -0.1) is 0 Å². The van der Waals surface area contributed by atoms with E-state index in [0.29, 0.717) is 49.9 Å². The number of pyridine rings is 1. The minimum absolute atomic E-state index is 0.0465. The van der Waals surface area contributed by atoms with Crippen LogP contribution in [0.4, 0.5) is 5.82 Å². The topological polar surface area (TPSA) is 82.6 Å². The third-order valence-corrected chi connectivity index (χ3v) is 6.63. The maximum atomic E-state index is 12.7. The van der Waals surface area contributed by atoms with E-state index in [1.54, 1.807) is 12.1 Å². The van der Waals surface area contributed by atoms with Crippen molar-refractivity contribution in [3.05, 3.63) is 46.5 Å². The number of amides is 1. The molecule has 2 aromatic rings. The van der Waals surface area contributed by atoms with Crippen molar-refractivity contribution in [1.29, 1.82) is 5.26 Å². The monoisotopic (exact) mass is 420 g/mol. The molecule has 1 aliphatic carbocycles. The summed E-state index contributed by atoms with van der Waals surface area (Å²) in [5.41, 5.74) is 3.72. The van der Waals surface area contributed by atoms with Gasteiger partial charge in [-0.2, -0.15) is 5.26 Å². The number of rotatable bonds is 3. The Morgan fingerprint density at radius 1 is 1.29 bits per heavy atom.